The van der Waals surface area contributed by atoms with Crippen LogP contribution in [0, 0.1) is 11.8 Å². The Balaban J connectivity index is 0.00000240. The Morgan fingerprint density at radius 2 is 1.69 bits per heavy atom. The number of pyridine rings is 1. The van der Waals surface area contributed by atoms with Gasteiger partial charge in [-0.2, -0.15) is 0 Å². The number of aromatic carboxylic acids is 1. The molecule has 2 aromatic carbocycles. The fourth-order valence-electron chi connectivity index (χ4n) is 2.84. The molecule has 0 saturated carbocycles. The minimum Gasteiger partial charge on any atom is -0.545 e. The quantitative estimate of drug-likeness (QED) is 0.354. The molecule has 4 aromatic rings. The molecule has 4 rings (SSSR count). The zero-order valence-corrected chi connectivity index (χ0v) is 17.8. The van der Waals surface area contributed by atoms with Gasteiger partial charge in [0, 0.05) is 17.3 Å². The van der Waals surface area contributed by atoms with Crippen LogP contribution in [0.1, 0.15) is 27.3 Å². The minimum absolute atomic E-state index is 0. The van der Waals surface area contributed by atoms with E-state index in [1.807, 2.05) is 59.1 Å². The fraction of sp³-hybridized carbons (Fsp3) is 0.0435. The van der Waals surface area contributed by atoms with Gasteiger partial charge in [0.1, 0.15) is 29.4 Å². The number of hydrogen-bond acceptors (Lipinski definition) is 4. The average Bonchev–Trinajstić information content (AvgIpc) is 3.09. The molecule has 29 heavy (non-hydrogen) atoms. The molecule has 0 N–H and O–H groups in total. The first-order valence-corrected chi connectivity index (χ1v) is 8.68. The topological polar surface area (TPSA) is 66.7 Å². The van der Waals surface area contributed by atoms with Gasteiger partial charge in [-0.05, 0) is 42.3 Å². The first kappa shape index (κ1) is 20.7. The third-order valence-electron chi connectivity index (χ3n) is 4.17. The molecule has 2 heterocycles. The Morgan fingerprint density at radius 3 is 2.48 bits per heavy atom. The maximum Gasteiger partial charge on any atom is 1.00 e. The van der Waals surface area contributed by atoms with Crippen molar-refractivity contribution in [2.24, 2.45) is 0 Å². The summed E-state index contributed by atoms with van der Waals surface area (Å²) in [6, 6.07) is 21.7. The van der Waals surface area contributed by atoms with Gasteiger partial charge in [-0.3, -0.25) is 4.40 Å². The van der Waals surface area contributed by atoms with Gasteiger partial charge in [0.15, 0.2) is 0 Å². The van der Waals surface area contributed by atoms with Crippen LogP contribution in [0.5, 0.6) is 5.75 Å². The molecule has 0 amide bonds. The molecule has 0 aliphatic carbocycles. The Labute approximate surface area is 190 Å². The van der Waals surface area contributed by atoms with Gasteiger partial charge in [-0.1, -0.05) is 42.3 Å². The average molecular weight is 390 g/mol. The maximum absolute atomic E-state index is 11.3. The molecule has 0 unspecified atom stereocenters. The van der Waals surface area contributed by atoms with Crippen molar-refractivity contribution < 1.29 is 44.2 Å². The van der Waals surface area contributed by atoms with Crippen LogP contribution in [-0.4, -0.2) is 15.4 Å². The third-order valence-corrected chi connectivity index (χ3v) is 4.17. The van der Waals surface area contributed by atoms with Crippen molar-refractivity contribution in [2.45, 2.75) is 6.61 Å². The predicted octanol–water partition coefficient (Wildman–Crippen LogP) is -0.319. The second-order valence-corrected chi connectivity index (χ2v) is 6.02. The summed E-state index contributed by atoms with van der Waals surface area (Å²) >= 11 is 0. The SMILES string of the molecule is O=C([O-])c1ccccc1OCc1nc2ccccn2c1C#Cc1ccccc1.[Na+]. The van der Waals surface area contributed by atoms with E-state index in [0.29, 0.717) is 11.4 Å². The van der Waals surface area contributed by atoms with Crippen LogP contribution in [0.2, 0.25) is 0 Å². The van der Waals surface area contributed by atoms with E-state index in [4.69, 9.17) is 4.74 Å². The van der Waals surface area contributed by atoms with E-state index >= 15 is 0 Å². The van der Waals surface area contributed by atoms with E-state index in [0.717, 1.165) is 11.2 Å². The number of carboxylic acids is 1. The normalized spacial score (nSPS) is 9.93. The van der Waals surface area contributed by atoms with Gasteiger partial charge in [0.25, 0.3) is 0 Å². The molecular weight excluding hydrogens is 375 g/mol. The van der Waals surface area contributed by atoms with Crippen LogP contribution in [0.3, 0.4) is 0 Å². The number of aromatic nitrogens is 2. The molecule has 0 radical (unpaired) electrons. The van der Waals surface area contributed by atoms with Crippen molar-refractivity contribution in [3.8, 4) is 17.6 Å². The van der Waals surface area contributed by atoms with Crippen LogP contribution in [0.4, 0.5) is 0 Å². The molecule has 5 nitrogen and oxygen atoms in total. The molecular formula is C23H15N2NaO3. The van der Waals surface area contributed by atoms with Crippen molar-refractivity contribution >= 4 is 11.6 Å². The number of imidazole rings is 1. The van der Waals surface area contributed by atoms with E-state index in [-0.39, 0.29) is 47.5 Å². The van der Waals surface area contributed by atoms with Gasteiger partial charge in [0.2, 0.25) is 0 Å². The monoisotopic (exact) mass is 390 g/mol. The molecule has 0 bridgehead atoms. The minimum atomic E-state index is -1.28. The number of benzene rings is 2. The van der Waals surface area contributed by atoms with Crippen molar-refractivity contribution in [3.05, 3.63) is 102 Å². The molecule has 136 valence electrons. The Kier molecular flexibility index (Phi) is 6.73. The summed E-state index contributed by atoms with van der Waals surface area (Å²) < 4.78 is 7.63. The number of ether oxygens (including phenoxy) is 1. The summed E-state index contributed by atoms with van der Waals surface area (Å²) in [6.07, 6.45) is 1.88. The molecule has 0 saturated heterocycles. The number of carbonyl (C=O) groups is 1. The number of para-hydroxylation sites is 1. The number of carbonyl (C=O) groups excluding carboxylic acids is 1. The van der Waals surface area contributed by atoms with E-state index in [1.165, 1.54) is 6.07 Å². The van der Waals surface area contributed by atoms with Crippen LogP contribution in [0.25, 0.3) is 5.65 Å². The molecule has 6 heteroatoms. The number of nitrogens with zero attached hydrogens (tertiary/aromatic N) is 2. The second-order valence-electron chi connectivity index (χ2n) is 6.02. The number of carboxylic acid groups (broad SMARTS) is 1. The standard InChI is InChI=1S/C23H16N2O3.Na/c26-23(27)18-10-4-5-11-21(18)28-16-19-20(14-13-17-8-2-1-3-9-17)25-15-7-6-12-22(25)24-19;/h1-12,15H,16H2,(H,26,27);/q;+1/p-1. The first-order valence-electron chi connectivity index (χ1n) is 8.68. The Hall–Kier alpha value is -3.04. The number of rotatable bonds is 4. The van der Waals surface area contributed by atoms with Crippen molar-refractivity contribution in [3.63, 3.8) is 0 Å². The van der Waals surface area contributed by atoms with Gasteiger partial charge in [-0.25, -0.2) is 4.98 Å². The molecule has 2 aromatic heterocycles. The summed E-state index contributed by atoms with van der Waals surface area (Å²) in [4.78, 5) is 15.9. The number of fused-ring (bicyclic) bond motifs is 1. The zero-order chi connectivity index (χ0) is 19.3. The summed E-state index contributed by atoms with van der Waals surface area (Å²) in [5, 5.41) is 11.3. The van der Waals surface area contributed by atoms with E-state index in [9.17, 15) is 9.90 Å². The molecule has 0 aliphatic heterocycles. The molecule has 0 atom stereocenters. The zero-order valence-electron chi connectivity index (χ0n) is 15.8. The van der Waals surface area contributed by atoms with Gasteiger partial charge in [-0.15, -0.1) is 0 Å². The molecule has 0 spiro atoms. The van der Waals surface area contributed by atoms with Crippen LogP contribution in [0.15, 0.2) is 79.0 Å². The second kappa shape index (κ2) is 9.44. The van der Waals surface area contributed by atoms with Crippen molar-refractivity contribution in [1.29, 1.82) is 0 Å². The van der Waals surface area contributed by atoms with E-state index < -0.39 is 5.97 Å². The summed E-state index contributed by atoms with van der Waals surface area (Å²) in [5.41, 5.74) is 2.96. The molecule has 0 aliphatic rings. The Bertz CT molecular complexity index is 1210. The smallest absolute Gasteiger partial charge is 0.545 e. The van der Waals surface area contributed by atoms with Gasteiger partial charge >= 0.3 is 29.6 Å². The molecule has 0 fully saturated rings. The first-order chi connectivity index (χ1) is 13.7. The predicted molar refractivity (Wildman–Crippen MR) is 103 cm³/mol. The van der Waals surface area contributed by atoms with Gasteiger partial charge in [0.05, 0.1) is 5.97 Å². The van der Waals surface area contributed by atoms with E-state index in [2.05, 4.69) is 16.8 Å². The summed E-state index contributed by atoms with van der Waals surface area (Å²) in [7, 11) is 0. The third kappa shape index (κ3) is 4.69. The summed E-state index contributed by atoms with van der Waals surface area (Å²) in [5.74, 6) is 5.26. The van der Waals surface area contributed by atoms with Crippen LogP contribution < -0.4 is 39.4 Å². The van der Waals surface area contributed by atoms with Crippen LogP contribution in [-0.2, 0) is 6.61 Å². The maximum atomic E-state index is 11.3. The summed E-state index contributed by atoms with van der Waals surface area (Å²) in [6.45, 7) is 0.0881. The van der Waals surface area contributed by atoms with Crippen molar-refractivity contribution in [1.82, 2.24) is 9.38 Å². The fourth-order valence-corrected chi connectivity index (χ4v) is 2.84. The Morgan fingerprint density at radius 1 is 0.966 bits per heavy atom. The number of hydrogen-bond donors (Lipinski definition) is 0. The van der Waals surface area contributed by atoms with E-state index in [1.54, 1.807) is 18.2 Å². The van der Waals surface area contributed by atoms with Gasteiger partial charge < -0.3 is 14.6 Å². The van der Waals surface area contributed by atoms with Crippen molar-refractivity contribution in [2.75, 3.05) is 0 Å². The van der Waals surface area contributed by atoms with Crippen LogP contribution >= 0.6 is 0 Å². The largest absolute Gasteiger partial charge is 1.00 e.